The second kappa shape index (κ2) is 16.0. The lowest BCUT2D eigenvalue weighted by atomic mass is 10.0. The molecule has 0 aromatic heterocycles. The number of carbonyl (C=O) groups excluding carboxylic acids is 2. The molecule has 0 radical (unpaired) electrons. The van der Waals surface area contributed by atoms with Gasteiger partial charge in [-0.05, 0) is 31.0 Å². The van der Waals surface area contributed by atoms with Gasteiger partial charge in [-0.15, -0.1) is 0 Å². The monoisotopic (exact) mass is 627 g/mol. The molecule has 1 N–H and O–H groups in total. The van der Waals surface area contributed by atoms with Crippen molar-refractivity contribution >= 4 is 40.5 Å². The van der Waals surface area contributed by atoms with Gasteiger partial charge in [0.1, 0.15) is 6.04 Å². The van der Waals surface area contributed by atoms with Gasteiger partial charge in [-0.2, -0.15) is 0 Å². The molecule has 5 rings (SSSR count). The molecule has 234 valence electrons. The first-order valence-electron chi connectivity index (χ1n) is 16.1. The molecule has 0 aliphatic rings. The third kappa shape index (κ3) is 7.22. The van der Waals surface area contributed by atoms with Crippen LogP contribution in [0, 0.1) is 0 Å². The van der Waals surface area contributed by atoms with Crippen LogP contribution in [0.3, 0.4) is 0 Å². The molecule has 0 heterocycles. The van der Waals surface area contributed by atoms with Crippen LogP contribution in [0.25, 0.3) is 0 Å². The summed E-state index contributed by atoms with van der Waals surface area (Å²) in [5.41, 5.74) is 1.96. The normalized spacial score (nSPS) is 11.8. The molecule has 0 aliphatic carbocycles. The molecule has 1 atom stereocenters. The summed E-state index contributed by atoms with van der Waals surface area (Å²) < 4.78 is 5.77. The molecule has 0 aliphatic heterocycles. The molecule has 2 amide bonds. The van der Waals surface area contributed by atoms with Crippen LogP contribution in [-0.4, -0.2) is 29.8 Å². The van der Waals surface area contributed by atoms with Crippen LogP contribution in [0.5, 0.6) is 0 Å². The van der Waals surface area contributed by atoms with E-state index in [2.05, 4.69) is 85.0 Å². The van der Waals surface area contributed by atoms with Crippen molar-refractivity contribution in [1.29, 1.82) is 0 Å². The average molecular weight is 628 g/mol. The number of unbranched alkanes of at least 4 members (excludes halogenated alkanes) is 1. The average Bonchev–Trinajstić information content (AvgIpc) is 3.12. The van der Waals surface area contributed by atoms with Crippen molar-refractivity contribution in [2.24, 2.45) is 4.74 Å². The minimum Gasteiger partial charge on any atom is -0.354 e. The summed E-state index contributed by atoms with van der Waals surface area (Å²) in [6.07, 6.45) is 2.51. The zero-order valence-electron chi connectivity index (χ0n) is 26.6. The van der Waals surface area contributed by atoms with E-state index in [0.29, 0.717) is 36.3 Å². The van der Waals surface area contributed by atoms with Gasteiger partial charge in [0.25, 0.3) is 5.91 Å². The molecule has 0 spiro atoms. The van der Waals surface area contributed by atoms with Crippen molar-refractivity contribution in [2.75, 3.05) is 13.1 Å². The minimum atomic E-state index is -2.64. The summed E-state index contributed by atoms with van der Waals surface area (Å²) in [6, 6.07) is 47.5. The first kappa shape index (κ1) is 32.7. The lowest BCUT2D eigenvalue weighted by Crippen LogP contribution is -2.44. The van der Waals surface area contributed by atoms with Gasteiger partial charge in [-0.1, -0.05) is 148 Å². The summed E-state index contributed by atoms with van der Waals surface area (Å²) in [6.45, 7) is 5.09. The number of amides is 2. The lowest BCUT2D eigenvalue weighted by Gasteiger charge is -2.33. The van der Waals surface area contributed by atoms with Crippen molar-refractivity contribution in [3.05, 3.63) is 157 Å². The summed E-state index contributed by atoms with van der Waals surface area (Å²) >= 11 is 0. The molecule has 0 bridgehead atoms. The maximum absolute atomic E-state index is 14.3. The zero-order chi connectivity index (χ0) is 32.2. The predicted octanol–water partition coefficient (Wildman–Crippen LogP) is 8.01. The Balaban J connectivity index is 1.80. The zero-order valence-corrected chi connectivity index (χ0v) is 27.5. The molecule has 1 unspecified atom stereocenters. The Bertz CT molecular complexity index is 1660. The third-order valence-corrected chi connectivity index (χ3v) is 11.7. The second-order valence-electron chi connectivity index (χ2n) is 11.2. The fourth-order valence-corrected chi connectivity index (χ4v) is 9.35. The fourth-order valence-electron chi connectivity index (χ4n) is 5.79. The summed E-state index contributed by atoms with van der Waals surface area (Å²) in [4.78, 5) is 30.1. The van der Waals surface area contributed by atoms with E-state index in [9.17, 15) is 9.59 Å². The van der Waals surface area contributed by atoms with Gasteiger partial charge in [0.15, 0.2) is 0 Å². The van der Waals surface area contributed by atoms with Crippen molar-refractivity contribution in [2.45, 2.75) is 39.2 Å². The highest BCUT2D eigenvalue weighted by Gasteiger charge is 2.34. The van der Waals surface area contributed by atoms with Gasteiger partial charge >= 0.3 is 0 Å². The van der Waals surface area contributed by atoms with Crippen LogP contribution in [0.4, 0.5) is 5.69 Å². The number of rotatable bonds is 13. The fraction of sp³-hybridized carbons (Fsp3) is 0.200. The molecule has 6 heteroatoms. The highest BCUT2D eigenvalue weighted by molar-refractivity contribution is 7.87. The van der Waals surface area contributed by atoms with E-state index in [0.717, 1.165) is 28.8 Å². The summed E-state index contributed by atoms with van der Waals surface area (Å²) in [7, 11) is -2.64. The summed E-state index contributed by atoms with van der Waals surface area (Å²) in [5.74, 6) is -0.375. The molecule has 5 nitrogen and oxygen atoms in total. The highest BCUT2D eigenvalue weighted by atomic mass is 31.2. The standard InChI is InChI=1S/C40H42N3O2P/c1-3-5-30-41-39(44)38(43(31-4-2)40(45)32-20-10-6-11-21-32)36-28-18-19-29-37(36)42-46(33-22-12-7-13-23-33,34-24-14-8-15-25-34)35-26-16-9-17-27-35/h6-29,38H,3-5,30-31H2,1-2H3,(H,41,44). The maximum atomic E-state index is 14.3. The maximum Gasteiger partial charge on any atom is 0.254 e. The Morgan fingerprint density at radius 3 is 1.63 bits per heavy atom. The van der Waals surface area contributed by atoms with Gasteiger partial charge in [-0.3, -0.25) is 14.3 Å². The molecule has 46 heavy (non-hydrogen) atoms. The van der Waals surface area contributed by atoms with Crippen LogP contribution in [0.1, 0.15) is 55.1 Å². The topological polar surface area (TPSA) is 61.8 Å². The Morgan fingerprint density at radius 2 is 1.13 bits per heavy atom. The molecule has 5 aromatic rings. The Hall–Kier alpha value is -4.73. The SMILES string of the molecule is CCCCNC(=O)C(c1ccccc1N=P(c1ccccc1)(c1ccccc1)c1ccccc1)N(CCC)C(=O)c1ccccc1. The van der Waals surface area contributed by atoms with Gasteiger partial charge in [-0.25, -0.2) is 0 Å². The first-order chi connectivity index (χ1) is 22.6. The molecule has 0 fully saturated rings. The van der Waals surface area contributed by atoms with Crippen LogP contribution in [0.15, 0.2) is 150 Å². The second-order valence-corrected chi connectivity index (χ2v) is 14.2. The third-order valence-electron chi connectivity index (χ3n) is 8.01. The van der Waals surface area contributed by atoms with Crippen LogP contribution in [-0.2, 0) is 4.79 Å². The van der Waals surface area contributed by atoms with E-state index < -0.39 is 13.1 Å². The molecular weight excluding hydrogens is 585 g/mol. The Morgan fingerprint density at radius 1 is 0.652 bits per heavy atom. The lowest BCUT2D eigenvalue weighted by molar-refractivity contribution is -0.125. The molecule has 0 saturated carbocycles. The number of carbonyl (C=O) groups is 2. The van der Waals surface area contributed by atoms with Crippen LogP contribution < -0.4 is 21.2 Å². The summed E-state index contributed by atoms with van der Waals surface area (Å²) in [5, 5.41) is 6.47. The Kier molecular flexibility index (Phi) is 11.4. The highest BCUT2D eigenvalue weighted by Crippen LogP contribution is 2.50. The van der Waals surface area contributed by atoms with Gasteiger partial charge < -0.3 is 10.2 Å². The predicted molar refractivity (Wildman–Crippen MR) is 192 cm³/mol. The van der Waals surface area contributed by atoms with Gasteiger partial charge in [0.2, 0.25) is 5.91 Å². The van der Waals surface area contributed by atoms with Crippen LogP contribution in [0.2, 0.25) is 0 Å². The Labute approximate surface area is 273 Å². The molecule has 0 saturated heterocycles. The van der Waals surface area contributed by atoms with Crippen molar-refractivity contribution in [1.82, 2.24) is 10.2 Å². The van der Waals surface area contributed by atoms with Crippen molar-refractivity contribution in [3.8, 4) is 0 Å². The van der Waals surface area contributed by atoms with Crippen molar-refractivity contribution in [3.63, 3.8) is 0 Å². The number of hydrogen-bond acceptors (Lipinski definition) is 3. The number of nitrogens with one attached hydrogen (secondary N) is 1. The van der Waals surface area contributed by atoms with Gasteiger partial charge in [0.05, 0.1) is 12.7 Å². The van der Waals surface area contributed by atoms with Gasteiger partial charge in [0, 0.05) is 40.1 Å². The number of hydrogen-bond donors (Lipinski definition) is 1. The minimum absolute atomic E-state index is 0.178. The van der Waals surface area contributed by atoms with E-state index in [4.69, 9.17) is 4.74 Å². The first-order valence-corrected chi connectivity index (χ1v) is 17.9. The molecule has 5 aromatic carbocycles. The number of benzene rings is 5. The quantitative estimate of drug-likeness (QED) is 0.106. The van der Waals surface area contributed by atoms with Crippen molar-refractivity contribution < 1.29 is 9.59 Å². The smallest absolute Gasteiger partial charge is 0.254 e. The van der Waals surface area contributed by atoms with E-state index in [-0.39, 0.29) is 11.8 Å². The van der Waals surface area contributed by atoms with E-state index in [1.807, 2.05) is 79.7 Å². The van der Waals surface area contributed by atoms with E-state index >= 15 is 0 Å². The van der Waals surface area contributed by atoms with E-state index in [1.165, 1.54) is 0 Å². The number of nitrogens with zero attached hydrogens (tertiary/aromatic N) is 2. The van der Waals surface area contributed by atoms with E-state index in [1.54, 1.807) is 4.90 Å². The largest absolute Gasteiger partial charge is 0.354 e. The molecular formula is C40H42N3O2P. The van der Waals surface area contributed by atoms with Crippen LogP contribution >= 0.6 is 7.05 Å².